The van der Waals surface area contributed by atoms with Gasteiger partial charge in [-0.2, -0.15) is 5.10 Å². The number of benzene rings is 1. The average molecular weight is 435 g/mol. The minimum Gasteiger partial charge on any atom is -0.386 e. The van der Waals surface area contributed by atoms with Crippen LogP contribution in [0.25, 0.3) is 0 Å². The summed E-state index contributed by atoms with van der Waals surface area (Å²) in [7, 11) is 0. The summed E-state index contributed by atoms with van der Waals surface area (Å²) < 4.78 is 14.5. The van der Waals surface area contributed by atoms with Gasteiger partial charge in [0.05, 0.1) is 11.3 Å². The summed E-state index contributed by atoms with van der Waals surface area (Å²) in [5.41, 5.74) is 4.35. The maximum atomic E-state index is 14.5. The van der Waals surface area contributed by atoms with Crippen LogP contribution in [0, 0.1) is 19.7 Å². The number of hydrogen-bond donors (Lipinski definition) is 1. The van der Waals surface area contributed by atoms with Gasteiger partial charge >= 0.3 is 0 Å². The minimum absolute atomic E-state index is 0.198. The largest absolute Gasteiger partial charge is 0.386 e. The first-order valence-electron chi connectivity index (χ1n) is 11.2. The first-order valence-corrected chi connectivity index (χ1v) is 11.2. The molecule has 0 saturated carbocycles. The molecular formula is C26H31FN4O. The van der Waals surface area contributed by atoms with Gasteiger partial charge in [0.25, 0.3) is 0 Å². The van der Waals surface area contributed by atoms with Crippen LogP contribution in [0.3, 0.4) is 0 Å². The molecule has 32 heavy (non-hydrogen) atoms. The van der Waals surface area contributed by atoms with Crippen molar-refractivity contribution in [1.29, 1.82) is 0 Å². The molecule has 4 rings (SSSR count). The van der Waals surface area contributed by atoms with Gasteiger partial charge in [-0.1, -0.05) is 30.3 Å². The summed E-state index contributed by atoms with van der Waals surface area (Å²) in [6.07, 6.45) is 4.00. The molecule has 0 atom stereocenters. The molecule has 0 aliphatic carbocycles. The van der Waals surface area contributed by atoms with Gasteiger partial charge in [-0.05, 0) is 63.3 Å². The van der Waals surface area contributed by atoms with Crippen molar-refractivity contribution >= 4 is 5.82 Å². The first kappa shape index (κ1) is 22.3. The van der Waals surface area contributed by atoms with Crippen molar-refractivity contribution in [2.24, 2.45) is 0 Å². The second-order valence-corrected chi connectivity index (χ2v) is 9.29. The number of pyridine rings is 1. The van der Waals surface area contributed by atoms with E-state index in [1.807, 2.05) is 18.2 Å². The Hall–Kier alpha value is -2.86. The molecular weight excluding hydrogens is 403 g/mol. The first-order chi connectivity index (χ1) is 15.2. The normalized spacial score (nSPS) is 15.2. The number of aromatic nitrogens is 3. The highest BCUT2D eigenvalue weighted by Crippen LogP contribution is 2.32. The van der Waals surface area contributed by atoms with E-state index in [-0.39, 0.29) is 11.5 Å². The molecule has 1 aliphatic heterocycles. The molecule has 168 valence electrons. The molecule has 3 heterocycles. The smallest absolute Gasteiger partial charge is 0.154 e. The van der Waals surface area contributed by atoms with Crippen molar-refractivity contribution in [2.75, 3.05) is 18.0 Å². The lowest BCUT2D eigenvalue weighted by atomic mass is 9.91. The molecule has 0 bridgehead atoms. The Morgan fingerprint density at radius 3 is 2.38 bits per heavy atom. The molecule has 1 saturated heterocycles. The van der Waals surface area contributed by atoms with E-state index in [1.165, 1.54) is 29.0 Å². The number of nitrogens with zero attached hydrogens (tertiary/aromatic N) is 4. The van der Waals surface area contributed by atoms with Gasteiger partial charge in [0.1, 0.15) is 5.82 Å². The van der Waals surface area contributed by atoms with E-state index < -0.39 is 11.4 Å². The van der Waals surface area contributed by atoms with Crippen molar-refractivity contribution in [2.45, 2.75) is 58.5 Å². The Morgan fingerprint density at radius 2 is 1.75 bits per heavy atom. The fourth-order valence-corrected chi connectivity index (χ4v) is 4.41. The van der Waals surface area contributed by atoms with Gasteiger partial charge in [-0.25, -0.2) is 4.39 Å². The highest BCUT2D eigenvalue weighted by atomic mass is 19.1. The minimum atomic E-state index is -1.24. The molecule has 2 aromatic heterocycles. The van der Waals surface area contributed by atoms with E-state index in [4.69, 9.17) is 0 Å². The Balaban J connectivity index is 1.45. The Kier molecular flexibility index (Phi) is 6.24. The third-order valence-corrected chi connectivity index (χ3v) is 6.56. The maximum absolute atomic E-state index is 14.5. The summed E-state index contributed by atoms with van der Waals surface area (Å²) in [5, 5.41) is 19.2. The van der Waals surface area contributed by atoms with E-state index in [9.17, 15) is 9.50 Å². The number of anilines is 1. The SMILES string of the molecule is Cc1c(Cc2ccccc2)nnc(N2CCC(c3cc(F)c(C(C)(C)O)cn3)CC2)c1C. The lowest BCUT2D eigenvalue weighted by Crippen LogP contribution is -2.34. The highest BCUT2D eigenvalue weighted by molar-refractivity contribution is 5.51. The number of hydrogen-bond acceptors (Lipinski definition) is 5. The van der Waals surface area contributed by atoms with Crippen molar-refractivity contribution in [3.8, 4) is 0 Å². The van der Waals surface area contributed by atoms with Gasteiger partial charge in [0.2, 0.25) is 0 Å². The van der Waals surface area contributed by atoms with E-state index in [0.717, 1.165) is 49.6 Å². The monoisotopic (exact) mass is 434 g/mol. The molecule has 5 nitrogen and oxygen atoms in total. The molecule has 0 radical (unpaired) electrons. The number of piperidine rings is 1. The summed E-state index contributed by atoms with van der Waals surface area (Å²) in [6.45, 7) is 9.04. The predicted octanol–water partition coefficient (Wildman–Crippen LogP) is 4.83. The highest BCUT2D eigenvalue weighted by Gasteiger charge is 2.27. The zero-order chi connectivity index (χ0) is 22.9. The summed E-state index contributed by atoms with van der Waals surface area (Å²) in [4.78, 5) is 6.74. The van der Waals surface area contributed by atoms with Crippen molar-refractivity contribution < 1.29 is 9.50 Å². The summed E-state index contributed by atoms with van der Waals surface area (Å²) >= 11 is 0. The molecule has 1 aromatic carbocycles. The molecule has 1 fully saturated rings. The number of aliphatic hydroxyl groups is 1. The van der Waals surface area contributed by atoms with E-state index in [2.05, 4.69) is 46.1 Å². The molecule has 1 aliphatic rings. The van der Waals surface area contributed by atoms with Crippen LogP contribution in [-0.4, -0.2) is 33.4 Å². The fraction of sp³-hybridized carbons (Fsp3) is 0.423. The zero-order valence-electron chi connectivity index (χ0n) is 19.3. The van der Waals surface area contributed by atoms with Crippen LogP contribution in [0.1, 0.15) is 66.2 Å². The van der Waals surface area contributed by atoms with Crippen LogP contribution < -0.4 is 4.90 Å². The third-order valence-electron chi connectivity index (χ3n) is 6.56. The number of halogens is 1. The Morgan fingerprint density at radius 1 is 1.06 bits per heavy atom. The molecule has 0 unspecified atom stereocenters. The zero-order valence-corrected chi connectivity index (χ0v) is 19.3. The standard InChI is InChI=1S/C26H31FN4O/c1-17-18(2)25(30-29-23(17)14-19-8-6-5-7-9-19)31-12-10-20(11-13-31)24-15-22(27)21(16-28-24)26(3,4)32/h5-9,15-16,20,32H,10-14H2,1-4H3. The van der Waals surface area contributed by atoms with Gasteiger partial charge in [0, 0.05) is 42.9 Å². The van der Waals surface area contributed by atoms with Crippen LogP contribution in [0.2, 0.25) is 0 Å². The van der Waals surface area contributed by atoms with Gasteiger partial charge < -0.3 is 10.0 Å². The van der Waals surface area contributed by atoms with Crippen molar-refractivity contribution in [3.05, 3.63) is 82.1 Å². The Bertz CT molecular complexity index is 1090. The maximum Gasteiger partial charge on any atom is 0.154 e. The molecule has 3 aromatic rings. The van der Waals surface area contributed by atoms with Crippen LogP contribution in [0.4, 0.5) is 10.2 Å². The van der Waals surface area contributed by atoms with E-state index >= 15 is 0 Å². The number of rotatable bonds is 5. The van der Waals surface area contributed by atoms with Crippen molar-refractivity contribution in [3.63, 3.8) is 0 Å². The van der Waals surface area contributed by atoms with Crippen LogP contribution >= 0.6 is 0 Å². The lowest BCUT2D eigenvalue weighted by molar-refractivity contribution is 0.0740. The van der Waals surface area contributed by atoms with Gasteiger partial charge in [0.15, 0.2) is 5.82 Å². The second kappa shape index (κ2) is 8.94. The molecule has 6 heteroatoms. The fourth-order valence-electron chi connectivity index (χ4n) is 4.41. The van der Waals surface area contributed by atoms with Crippen LogP contribution in [0.5, 0.6) is 0 Å². The Labute approximate surface area is 189 Å². The van der Waals surface area contributed by atoms with E-state index in [1.54, 1.807) is 13.8 Å². The summed E-state index contributed by atoms with van der Waals surface area (Å²) in [6, 6.07) is 11.8. The topological polar surface area (TPSA) is 62.1 Å². The van der Waals surface area contributed by atoms with E-state index in [0.29, 0.717) is 0 Å². The molecule has 0 spiro atoms. The van der Waals surface area contributed by atoms with Crippen LogP contribution in [-0.2, 0) is 12.0 Å². The van der Waals surface area contributed by atoms with Gasteiger partial charge in [-0.15, -0.1) is 5.10 Å². The predicted molar refractivity (Wildman–Crippen MR) is 124 cm³/mol. The molecule has 0 amide bonds. The van der Waals surface area contributed by atoms with Crippen LogP contribution in [0.15, 0.2) is 42.6 Å². The quantitative estimate of drug-likeness (QED) is 0.623. The van der Waals surface area contributed by atoms with Gasteiger partial charge in [-0.3, -0.25) is 4.98 Å². The average Bonchev–Trinajstić information content (AvgIpc) is 2.77. The van der Waals surface area contributed by atoms with Crippen molar-refractivity contribution in [1.82, 2.24) is 15.2 Å². The third kappa shape index (κ3) is 4.65. The second-order valence-electron chi connectivity index (χ2n) is 9.29. The summed E-state index contributed by atoms with van der Waals surface area (Å²) in [5.74, 6) is 0.744. The lowest BCUT2D eigenvalue weighted by Gasteiger charge is -2.33. The molecule has 1 N–H and O–H groups in total.